The Balaban J connectivity index is 1.55. The van der Waals surface area contributed by atoms with Crippen molar-refractivity contribution < 1.29 is 51.6 Å². The maximum Gasteiger partial charge on any atom is 0.349 e. The van der Waals surface area contributed by atoms with Crippen LogP contribution in [0.15, 0.2) is 29.6 Å². The molecule has 4 rings (SSSR count). The monoisotopic (exact) mass is 550 g/mol. The number of fused-ring (bicyclic) bond motifs is 1. The lowest BCUT2D eigenvalue weighted by Gasteiger charge is -2.15. The van der Waals surface area contributed by atoms with E-state index in [0.29, 0.717) is 5.75 Å². The van der Waals surface area contributed by atoms with Crippen molar-refractivity contribution in [3.63, 3.8) is 0 Å². The van der Waals surface area contributed by atoms with Crippen molar-refractivity contribution in [3.05, 3.63) is 57.3 Å². The molecule has 0 aliphatic carbocycles. The fourth-order valence-electron chi connectivity index (χ4n) is 3.47. The number of carbonyl (C=O) groups excluding carboxylic acids is 3. The largest absolute Gasteiger partial charge is 0.493 e. The normalized spacial score (nSPS) is 11.5. The fourth-order valence-corrected chi connectivity index (χ4v) is 4.37. The van der Waals surface area contributed by atoms with Crippen molar-refractivity contribution >= 4 is 40.7 Å². The third kappa shape index (κ3) is 5.25. The lowest BCUT2D eigenvalue weighted by Crippen LogP contribution is -2.22. The summed E-state index contributed by atoms with van der Waals surface area (Å²) in [5, 5.41) is 6.00. The van der Waals surface area contributed by atoms with Crippen molar-refractivity contribution in [3.8, 4) is 23.0 Å². The van der Waals surface area contributed by atoms with Gasteiger partial charge >= 0.3 is 18.0 Å². The number of benzene rings is 2. The van der Waals surface area contributed by atoms with Crippen LogP contribution in [0.25, 0.3) is 0 Å². The number of rotatable bonds is 8. The summed E-state index contributed by atoms with van der Waals surface area (Å²) in [6.45, 7) is -0.391. The third-order valence-corrected chi connectivity index (χ3v) is 6.22. The Bertz CT molecular complexity index is 1410. The van der Waals surface area contributed by atoms with Crippen molar-refractivity contribution in [2.24, 2.45) is 0 Å². The molecule has 3 aromatic rings. The first-order valence-electron chi connectivity index (χ1n) is 10.7. The molecule has 2 aromatic carbocycles. The van der Waals surface area contributed by atoms with E-state index in [-0.39, 0.29) is 58.0 Å². The first kappa shape index (κ1) is 26.5. The first-order chi connectivity index (χ1) is 18.3. The predicted octanol–water partition coefficient (Wildman–Crippen LogP) is 4.56. The zero-order chi connectivity index (χ0) is 27.4. The minimum absolute atomic E-state index is 0.0149. The number of nitrogens with one attached hydrogen (secondary N) is 2. The number of thiophene rings is 1. The molecule has 2 N–H and O–H groups in total. The molecule has 38 heavy (non-hydrogen) atoms. The van der Waals surface area contributed by atoms with Crippen LogP contribution in [0.3, 0.4) is 0 Å². The summed E-state index contributed by atoms with van der Waals surface area (Å²) in [5.41, 5.74) is -0.518. The van der Waals surface area contributed by atoms with Gasteiger partial charge in [-0.3, -0.25) is 0 Å². The molecule has 0 bridgehead atoms. The average molecular weight is 550 g/mol. The van der Waals surface area contributed by atoms with Crippen LogP contribution in [0.5, 0.6) is 23.0 Å². The molecule has 14 heteroatoms. The quantitative estimate of drug-likeness (QED) is 0.388. The second kappa shape index (κ2) is 11.2. The summed E-state index contributed by atoms with van der Waals surface area (Å²) in [7, 11) is 3.52. The number of methoxy groups -OCH3 is 3. The maximum atomic E-state index is 14.7. The Kier molecular flexibility index (Phi) is 7.81. The third-order valence-electron chi connectivity index (χ3n) is 5.26. The highest BCUT2D eigenvalue weighted by atomic mass is 32.1. The number of urea groups is 1. The summed E-state index contributed by atoms with van der Waals surface area (Å²) in [6.07, 6.45) is 0. The van der Waals surface area contributed by atoms with Crippen molar-refractivity contribution in [2.45, 2.75) is 6.61 Å². The number of ether oxygens (including phenoxy) is 6. The molecule has 0 atom stereocenters. The van der Waals surface area contributed by atoms with E-state index in [4.69, 9.17) is 18.9 Å². The van der Waals surface area contributed by atoms with Crippen LogP contribution >= 0.6 is 11.3 Å². The van der Waals surface area contributed by atoms with Crippen LogP contribution in [0.4, 0.5) is 25.0 Å². The lowest BCUT2D eigenvalue weighted by molar-refractivity contribution is 0.0561. The molecule has 2 amide bonds. The van der Waals surface area contributed by atoms with Gasteiger partial charge in [0.05, 0.1) is 38.3 Å². The Morgan fingerprint density at radius 3 is 2.39 bits per heavy atom. The fraction of sp³-hybridized carbons (Fsp3) is 0.208. The van der Waals surface area contributed by atoms with Gasteiger partial charge in [-0.2, -0.15) is 0 Å². The second-order valence-corrected chi connectivity index (χ2v) is 8.33. The minimum atomic E-state index is -0.947. The standard InChI is InChI=1S/C24H20F2N2O9S/c1-32-17-6-13(26)14(7-18(17)35-8-11-12(25)4-5-16-20(11)37-10-36-16)27-24(31)28-15-9-38-21(23(30)34-3)19(15)22(29)33-2/h4-7,9H,8,10H2,1-3H3,(H2,27,28,31). The molecule has 1 aliphatic rings. The van der Waals surface area contributed by atoms with Crippen LogP contribution in [0, 0.1) is 11.6 Å². The van der Waals surface area contributed by atoms with Gasteiger partial charge in [0, 0.05) is 17.5 Å². The highest BCUT2D eigenvalue weighted by Gasteiger charge is 2.27. The van der Waals surface area contributed by atoms with Gasteiger partial charge in [-0.15, -0.1) is 11.3 Å². The Morgan fingerprint density at radius 2 is 1.68 bits per heavy atom. The molecule has 200 valence electrons. The van der Waals surface area contributed by atoms with Gasteiger partial charge in [-0.1, -0.05) is 0 Å². The maximum absolute atomic E-state index is 14.7. The van der Waals surface area contributed by atoms with E-state index in [1.165, 1.54) is 24.6 Å². The van der Waals surface area contributed by atoms with E-state index in [9.17, 15) is 23.2 Å². The molecule has 1 aromatic heterocycles. The van der Waals surface area contributed by atoms with Gasteiger partial charge in [0.1, 0.15) is 22.9 Å². The summed E-state index contributed by atoms with van der Waals surface area (Å²) in [5.74, 6) is -2.66. The summed E-state index contributed by atoms with van der Waals surface area (Å²) in [6, 6.07) is 3.78. The van der Waals surface area contributed by atoms with E-state index in [0.717, 1.165) is 37.7 Å². The lowest BCUT2D eigenvalue weighted by atomic mass is 10.2. The number of amides is 2. The smallest absolute Gasteiger partial charge is 0.349 e. The SMILES string of the molecule is COC(=O)c1scc(NC(=O)Nc2cc(OCc3c(F)ccc4c3OCO4)c(OC)cc2F)c1C(=O)OC. The first-order valence-corrected chi connectivity index (χ1v) is 11.6. The van der Waals surface area contributed by atoms with E-state index < -0.39 is 29.6 Å². The molecular weight excluding hydrogens is 530 g/mol. The van der Waals surface area contributed by atoms with E-state index in [2.05, 4.69) is 20.1 Å². The molecule has 1 aliphatic heterocycles. The van der Waals surface area contributed by atoms with Crippen LogP contribution in [-0.2, 0) is 16.1 Å². The van der Waals surface area contributed by atoms with Gasteiger partial charge in [-0.25, -0.2) is 23.2 Å². The Labute approximate surface area is 218 Å². The topological polar surface area (TPSA) is 131 Å². The zero-order valence-electron chi connectivity index (χ0n) is 20.1. The van der Waals surface area contributed by atoms with Gasteiger partial charge in [0.25, 0.3) is 0 Å². The number of halogens is 2. The van der Waals surface area contributed by atoms with Crippen LogP contribution in [0.2, 0.25) is 0 Å². The number of hydrogen-bond donors (Lipinski definition) is 2. The van der Waals surface area contributed by atoms with Gasteiger partial charge in [0.15, 0.2) is 28.8 Å². The van der Waals surface area contributed by atoms with Crippen molar-refractivity contribution in [2.75, 3.05) is 38.8 Å². The molecule has 2 heterocycles. The molecule has 0 saturated heterocycles. The average Bonchev–Trinajstić information content (AvgIpc) is 3.55. The van der Waals surface area contributed by atoms with E-state index in [1.807, 2.05) is 0 Å². The second-order valence-electron chi connectivity index (χ2n) is 7.45. The highest BCUT2D eigenvalue weighted by Crippen LogP contribution is 2.39. The number of carbonyl (C=O) groups is 3. The van der Waals surface area contributed by atoms with Gasteiger partial charge in [0.2, 0.25) is 6.79 Å². The summed E-state index contributed by atoms with van der Waals surface area (Å²) < 4.78 is 59.8. The predicted molar refractivity (Wildman–Crippen MR) is 129 cm³/mol. The molecule has 0 unspecified atom stereocenters. The summed E-state index contributed by atoms with van der Waals surface area (Å²) in [4.78, 5) is 36.7. The molecule has 11 nitrogen and oxygen atoms in total. The number of anilines is 2. The van der Waals surface area contributed by atoms with Crippen LogP contribution < -0.4 is 29.6 Å². The molecule has 0 spiro atoms. The number of hydrogen-bond acceptors (Lipinski definition) is 10. The van der Waals surface area contributed by atoms with Gasteiger partial charge < -0.3 is 39.1 Å². The highest BCUT2D eigenvalue weighted by molar-refractivity contribution is 7.13. The van der Waals surface area contributed by atoms with Gasteiger partial charge in [-0.05, 0) is 12.1 Å². The summed E-state index contributed by atoms with van der Waals surface area (Å²) >= 11 is 0.847. The van der Waals surface area contributed by atoms with Crippen molar-refractivity contribution in [1.29, 1.82) is 0 Å². The van der Waals surface area contributed by atoms with E-state index >= 15 is 0 Å². The van der Waals surface area contributed by atoms with Crippen molar-refractivity contribution in [1.82, 2.24) is 0 Å². The molecule has 0 radical (unpaired) electrons. The Hall–Kier alpha value is -4.59. The molecule has 0 fully saturated rings. The Morgan fingerprint density at radius 1 is 0.947 bits per heavy atom. The minimum Gasteiger partial charge on any atom is -0.493 e. The zero-order valence-corrected chi connectivity index (χ0v) is 21.0. The molecule has 0 saturated carbocycles. The van der Waals surface area contributed by atoms with Crippen LogP contribution in [-0.4, -0.2) is 46.1 Å². The van der Waals surface area contributed by atoms with E-state index in [1.54, 1.807) is 0 Å². The molecular formula is C24H20F2N2O9S. The van der Waals surface area contributed by atoms with Crippen LogP contribution in [0.1, 0.15) is 25.6 Å². The number of esters is 2.